The first-order valence-electron chi connectivity index (χ1n) is 4.23. The highest BCUT2D eigenvalue weighted by molar-refractivity contribution is 9.10. The molecule has 0 unspecified atom stereocenters. The molecule has 0 amide bonds. The third-order valence-corrected chi connectivity index (χ3v) is 3.83. The van der Waals surface area contributed by atoms with Gasteiger partial charge in [0.15, 0.2) is 5.78 Å². The van der Waals surface area contributed by atoms with E-state index < -0.39 is 0 Å². The maximum absolute atomic E-state index is 11.6. The van der Waals surface area contributed by atoms with Crippen molar-refractivity contribution >= 4 is 33.0 Å². The first-order valence-corrected chi connectivity index (χ1v) is 5.90. The number of thiophene rings is 1. The summed E-state index contributed by atoms with van der Waals surface area (Å²) >= 11 is 4.83. The first kappa shape index (κ1) is 9.16. The zero-order valence-corrected chi connectivity index (χ0v) is 9.40. The van der Waals surface area contributed by atoms with Crippen LogP contribution in [0.3, 0.4) is 0 Å². The van der Waals surface area contributed by atoms with Crippen LogP contribution in [-0.2, 0) is 0 Å². The van der Waals surface area contributed by atoms with Gasteiger partial charge >= 0.3 is 0 Å². The maximum atomic E-state index is 11.6. The standard InChI is InChI=1S/C10H9BrOS/c11-8-5-6-13-10(8)9(12)4-3-7-1-2-7/h3-7H,1-2H2/b4-3+. The van der Waals surface area contributed by atoms with Gasteiger partial charge in [0.05, 0.1) is 4.88 Å². The highest BCUT2D eigenvalue weighted by Gasteiger charge is 2.18. The Bertz CT molecular complexity index is 350. The molecular formula is C10H9BrOS. The third kappa shape index (κ3) is 2.29. The Labute approximate surface area is 89.6 Å². The van der Waals surface area contributed by atoms with Crippen molar-refractivity contribution in [2.75, 3.05) is 0 Å². The van der Waals surface area contributed by atoms with Gasteiger partial charge in [-0.2, -0.15) is 0 Å². The molecule has 68 valence electrons. The fourth-order valence-corrected chi connectivity index (χ4v) is 2.55. The minimum Gasteiger partial charge on any atom is -0.288 e. The van der Waals surface area contributed by atoms with Crippen molar-refractivity contribution in [1.82, 2.24) is 0 Å². The summed E-state index contributed by atoms with van der Waals surface area (Å²) in [4.78, 5) is 12.4. The lowest BCUT2D eigenvalue weighted by Gasteiger charge is -1.90. The molecule has 3 heteroatoms. The van der Waals surface area contributed by atoms with Crippen LogP contribution in [-0.4, -0.2) is 5.78 Å². The van der Waals surface area contributed by atoms with E-state index in [1.807, 2.05) is 17.5 Å². The van der Waals surface area contributed by atoms with Gasteiger partial charge in [-0.05, 0) is 52.2 Å². The Morgan fingerprint density at radius 2 is 2.38 bits per heavy atom. The Hall–Kier alpha value is -0.410. The van der Waals surface area contributed by atoms with Crippen LogP contribution < -0.4 is 0 Å². The average Bonchev–Trinajstić information content (AvgIpc) is 2.84. The van der Waals surface area contributed by atoms with Crippen molar-refractivity contribution in [3.05, 3.63) is 32.9 Å². The molecule has 1 aromatic rings. The number of carbonyl (C=O) groups excluding carboxylic acids is 1. The predicted molar refractivity (Wildman–Crippen MR) is 58.2 cm³/mol. The lowest BCUT2D eigenvalue weighted by molar-refractivity contribution is 0.104. The van der Waals surface area contributed by atoms with Crippen molar-refractivity contribution in [3.63, 3.8) is 0 Å². The molecule has 1 saturated carbocycles. The SMILES string of the molecule is O=C(/C=C/C1CC1)c1sccc1Br. The van der Waals surface area contributed by atoms with Crippen molar-refractivity contribution in [2.45, 2.75) is 12.8 Å². The molecule has 1 aliphatic carbocycles. The minimum absolute atomic E-state index is 0.119. The minimum atomic E-state index is 0.119. The highest BCUT2D eigenvalue weighted by atomic mass is 79.9. The summed E-state index contributed by atoms with van der Waals surface area (Å²) in [5.41, 5.74) is 0. The zero-order chi connectivity index (χ0) is 9.26. The van der Waals surface area contributed by atoms with Crippen LogP contribution in [0.1, 0.15) is 22.5 Å². The zero-order valence-electron chi connectivity index (χ0n) is 7.00. The second kappa shape index (κ2) is 3.76. The monoisotopic (exact) mass is 256 g/mol. The summed E-state index contributed by atoms with van der Waals surface area (Å²) in [6.07, 6.45) is 6.22. The largest absolute Gasteiger partial charge is 0.288 e. The molecule has 1 aromatic heterocycles. The van der Waals surface area contributed by atoms with Gasteiger partial charge in [-0.25, -0.2) is 0 Å². The van der Waals surface area contributed by atoms with Crippen LogP contribution in [0.25, 0.3) is 0 Å². The van der Waals surface area contributed by atoms with E-state index >= 15 is 0 Å². The number of rotatable bonds is 3. The molecule has 0 aliphatic heterocycles. The molecule has 0 aromatic carbocycles. The van der Waals surface area contributed by atoms with Crippen LogP contribution in [0.2, 0.25) is 0 Å². The molecule has 1 fully saturated rings. The summed E-state index contributed by atoms with van der Waals surface area (Å²) in [5, 5.41) is 1.92. The van der Waals surface area contributed by atoms with Gasteiger partial charge in [-0.1, -0.05) is 6.08 Å². The number of allylic oxidation sites excluding steroid dienone is 2. The summed E-state index contributed by atoms with van der Waals surface area (Å²) in [6, 6.07) is 1.91. The molecule has 0 radical (unpaired) electrons. The first-order chi connectivity index (χ1) is 6.27. The van der Waals surface area contributed by atoms with Gasteiger partial charge in [-0.15, -0.1) is 11.3 Å². The molecule has 0 atom stereocenters. The maximum Gasteiger partial charge on any atom is 0.196 e. The smallest absolute Gasteiger partial charge is 0.196 e. The van der Waals surface area contributed by atoms with Crippen LogP contribution in [0.15, 0.2) is 28.1 Å². The lowest BCUT2D eigenvalue weighted by atomic mass is 10.2. The topological polar surface area (TPSA) is 17.1 Å². The van der Waals surface area contributed by atoms with Crippen LogP contribution in [0.5, 0.6) is 0 Å². The van der Waals surface area contributed by atoms with E-state index in [4.69, 9.17) is 0 Å². The van der Waals surface area contributed by atoms with Crippen molar-refractivity contribution < 1.29 is 4.79 Å². The Kier molecular flexibility index (Phi) is 2.65. The summed E-state index contributed by atoms with van der Waals surface area (Å²) < 4.78 is 0.906. The van der Waals surface area contributed by atoms with Gasteiger partial charge in [0, 0.05) is 4.47 Å². The number of carbonyl (C=O) groups is 1. The third-order valence-electron chi connectivity index (χ3n) is 1.98. The summed E-state index contributed by atoms with van der Waals surface area (Å²) in [5.74, 6) is 0.788. The fraction of sp³-hybridized carbons (Fsp3) is 0.300. The summed E-state index contributed by atoms with van der Waals surface area (Å²) in [7, 11) is 0. The molecule has 2 rings (SSSR count). The predicted octanol–water partition coefficient (Wildman–Crippen LogP) is 3.66. The molecule has 13 heavy (non-hydrogen) atoms. The number of ketones is 1. The van der Waals surface area contributed by atoms with E-state index in [2.05, 4.69) is 15.9 Å². The van der Waals surface area contributed by atoms with E-state index in [1.165, 1.54) is 24.2 Å². The van der Waals surface area contributed by atoms with E-state index in [0.29, 0.717) is 5.92 Å². The number of hydrogen-bond acceptors (Lipinski definition) is 2. The van der Waals surface area contributed by atoms with Crippen molar-refractivity contribution in [3.8, 4) is 0 Å². The normalized spacial score (nSPS) is 16.7. The number of hydrogen-bond donors (Lipinski definition) is 0. The van der Waals surface area contributed by atoms with Crippen LogP contribution in [0.4, 0.5) is 0 Å². The van der Waals surface area contributed by atoms with Gasteiger partial charge in [0.25, 0.3) is 0 Å². The second-order valence-electron chi connectivity index (χ2n) is 3.16. The van der Waals surface area contributed by atoms with Gasteiger partial charge in [0.1, 0.15) is 0 Å². The second-order valence-corrected chi connectivity index (χ2v) is 4.93. The molecule has 0 bridgehead atoms. The van der Waals surface area contributed by atoms with E-state index in [9.17, 15) is 4.79 Å². The van der Waals surface area contributed by atoms with Crippen LogP contribution in [0, 0.1) is 5.92 Å². The number of halogens is 1. The van der Waals surface area contributed by atoms with E-state index in [1.54, 1.807) is 6.08 Å². The molecule has 1 aliphatic rings. The fourth-order valence-electron chi connectivity index (χ4n) is 1.06. The van der Waals surface area contributed by atoms with Crippen molar-refractivity contribution in [2.24, 2.45) is 5.92 Å². The van der Waals surface area contributed by atoms with E-state index in [-0.39, 0.29) is 5.78 Å². The Morgan fingerprint density at radius 1 is 1.62 bits per heavy atom. The average molecular weight is 257 g/mol. The molecule has 0 N–H and O–H groups in total. The van der Waals surface area contributed by atoms with Gasteiger partial charge in [0.2, 0.25) is 0 Å². The molecule has 0 spiro atoms. The molecular weight excluding hydrogens is 248 g/mol. The Morgan fingerprint density at radius 3 is 2.92 bits per heavy atom. The molecule has 0 saturated heterocycles. The molecule has 1 heterocycles. The van der Waals surface area contributed by atoms with Gasteiger partial charge < -0.3 is 0 Å². The Balaban J connectivity index is 2.08. The molecule has 1 nitrogen and oxygen atoms in total. The van der Waals surface area contributed by atoms with E-state index in [0.717, 1.165) is 9.35 Å². The van der Waals surface area contributed by atoms with Gasteiger partial charge in [-0.3, -0.25) is 4.79 Å². The lowest BCUT2D eigenvalue weighted by Crippen LogP contribution is -1.90. The van der Waals surface area contributed by atoms with Crippen molar-refractivity contribution in [1.29, 1.82) is 0 Å². The van der Waals surface area contributed by atoms with Crippen LogP contribution >= 0.6 is 27.3 Å². The quantitative estimate of drug-likeness (QED) is 0.596. The summed E-state index contributed by atoms with van der Waals surface area (Å²) in [6.45, 7) is 0. The highest BCUT2D eigenvalue weighted by Crippen LogP contribution is 2.30.